The van der Waals surface area contributed by atoms with Crippen molar-refractivity contribution >= 4 is 5.91 Å². The quantitative estimate of drug-likeness (QED) is 0.788. The molecule has 156 valence electrons. The highest BCUT2D eigenvalue weighted by molar-refractivity contribution is 5.78. The first-order valence-corrected chi connectivity index (χ1v) is 10.7. The molecule has 6 heteroatoms. The average molecular weight is 397 g/mol. The topological polar surface area (TPSA) is 70.2 Å². The zero-order valence-corrected chi connectivity index (χ0v) is 17.3. The van der Waals surface area contributed by atoms with Crippen molar-refractivity contribution in [2.75, 3.05) is 26.2 Å². The summed E-state index contributed by atoms with van der Waals surface area (Å²) in [5.74, 6) is 0.0275. The number of amides is 1. The largest absolute Gasteiger partial charge is 0.376 e. The monoisotopic (exact) mass is 396 g/mol. The van der Waals surface area contributed by atoms with Crippen LogP contribution in [-0.2, 0) is 22.5 Å². The van der Waals surface area contributed by atoms with Crippen molar-refractivity contribution in [3.05, 3.63) is 53.3 Å². The zero-order valence-electron chi connectivity index (χ0n) is 17.3. The van der Waals surface area contributed by atoms with Crippen LogP contribution in [0.4, 0.5) is 0 Å². The molecule has 1 atom stereocenters. The maximum absolute atomic E-state index is 12.0. The normalized spacial score (nSPS) is 21.9. The fourth-order valence-electron chi connectivity index (χ4n) is 4.58. The van der Waals surface area contributed by atoms with Crippen LogP contribution in [0.1, 0.15) is 42.4 Å². The Kier molecular flexibility index (Phi) is 6.31. The standard InChI is InChI=1S/C23H32N4O2/c1-18-3-2-4-19(11-18)16-27-9-7-23(8-10-27)6-5-21(29-17-23)15-24-22(28)12-20-13-25-26-14-20/h2-4,11,13-14,21H,5-10,12,15-17H2,1H3,(H,24,28)(H,25,26). The van der Waals surface area contributed by atoms with Crippen LogP contribution in [0.2, 0.25) is 0 Å². The number of likely N-dealkylation sites (tertiary alicyclic amines) is 1. The summed E-state index contributed by atoms with van der Waals surface area (Å²) in [7, 11) is 0. The molecular weight excluding hydrogens is 364 g/mol. The second-order valence-corrected chi connectivity index (χ2v) is 8.82. The first-order valence-electron chi connectivity index (χ1n) is 10.7. The van der Waals surface area contributed by atoms with Gasteiger partial charge in [0.25, 0.3) is 0 Å². The minimum atomic E-state index is 0.0275. The van der Waals surface area contributed by atoms with Crippen molar-refractivity contribution in [2.24, 2.45) is 5.41 Å². The summed E-state index contributed by atoms with van der Waals surface area (Å²) in [6.07, 6.45) is 8.59. The number of nitrogens with one attached hydrogen (secondary N) is 2. The summed E-state index contributed by atoms with van der Waals surface area (Å²) in [4.78, 5) is 14.6. The number of piperidine rings is 1. The molecule has 4 rings (SSSR count). The molecule has 1 aromatic carbocycles. The van der Waals surface area contributed by atoms with Crippen molar-refractivity contribution in [2.45, 2.75) is 51.7 Å². The second-order valence-electron chi connectivity index (χ2n) is 8.82. The van der Waals surface area contributed by atoms with Gasteiger partial charge in [-0.05, 0) is 62.2 Å². The molecule has 2 fully saturated rings. The number of ether oxygens (including phenoxy) is 1. The van der Waals surface area contributed by atoms with E-state index in [0.29, 0.717) is 18.4 Å². The van der Waals surface area contributed by atoms with Crippen molar-refractivity contribution in [3.8, 4) is 0 Å². The van der Waals surface area contributed by atoms with E-state index in [1.807, 2.05) is 0 Å². The lowest BCUT2D eigenvalue weighted by Gasteiger charge is -2.45. The van der Waals surface area contributed by atoms with Crippen molar-refractivity contribution in [3.63, 3.8) is 0 Å². The molecule has 6 nitrogen and oxygen atoms in total. The Balaban J connectivity index is 1.17. The number of carbonyl (C=O) groups is 1. The smallest absolute Gasteiger partial charge is 0.224 e. The molecule has 2 N–H and O–H groups in total. The van der Waals surface area contributed by atoms with Gasteiger partial charge in [0.15, 0.2) is 0 Å². The van der Waals surface area contributed by atoms with Crippen LogP contribution in [0.3, 0.4) is 0 Å². The van der Waals surface area contributed by atoms with Crippen LogP contribution < -0.4 is 5.32 Å². The molecule has 2 aliphatic heterocycles. The molecule has 0 radical (unpaired) electrons. The fourth-order valence-corrected chi connectivity index (χ4v) is 4.58. The Morgan fingerprint density at radius 1 is 1.31 bits per heavy atom. The highest BCUT2D eigenvalue weighted by atomic mass is 16.5. The van der Waals surface area contributed by atoms with Gasteiger partial charge in [0.05, 0.1) is 25.3 Å². The number of H-pyrrole nitrogens is 1. The second kappa shape index (κ2) is 9.09. The first-order chi connectivity index (χ1) is 14.1. The summed E-state index contributed by atoms with van der Waals surface area (Å²) < 4.78 is 6.17. The maximum Gasteiger partial charge on any atom is 0.224 e. The summed E-state index contributed by atoms with van der Waals surface area (Å²) >= 11 is 0. The van der Waals surface area contributed by atoms with Crippen molar-refractivity contribution in [1.29, 1.82) is 0 Å². The van der Waals surface area contributed by atoms with E-state index in [9.17, 15) is 4.79 Å². The Bertz CT molecular complexity index is 787. The molecule has 2 saturated heterocycles. The zero-order chi connectivity index (χ0) is 20.1. The fraction of sp³-hybridized carbons (Fsp3) is 0.565. The number of aryl methyl sites for hydroxylation is 1. The van der Waals surface area contributed by atoms with E-state index < -0.39 is 0 Å². The molecule has 1 spiro atoms. The number of nitrogens with zero attached hydrogens (tertiary/aromatic N) is 2. The van der Waals surface area contributed by atoms with Crippen LogP contribution in [0.15, 0.2) is 36.7 Å². The number of benzene rings is 1. The van der Waals surface area contributed by atoms with Gasteiger partial charge in [-0.3, -0.25) is 14.8 Å². The number of hydrogen-bond acceptors (Lipinski definition) is 4. The third-order valence-corrected chi connectivity index (χ3v) is 6.47. The number of aromatic nitrogens is 2. The summed E-state index contributed by atoms with van der Waals surface area (Å²) in [5, 5.41) is 9.61. The van der Waals surface area contributed by atoms with Crippen molar-refractivity contribution < 1.29 is 9.53 Å². The molecule has 29 heavy (non-hydrogen) atoms. The van der Waals surface area contributed by atoms with Crippen LogP contribution in [-0.4, -0.2) is 53.3 Å². The van der Waals surface area contributed by atoms with E-state index in [2.05, 4.69) is 51.6 Å². The van der Waals surface area contributed by atoms with Gasteiger partial charge in [-0.15, -0.1) is 0 Å². The Hall–Kier alpha value is -2.18. The summed E-state index contributed by atoms with van der Waals surface area (Å²) in [6.45, 7) is 6.92. The highest BCUT2D eigenvalue weighted by Crippen LogP contribution is 2.40. The predicted octanol–water partition coefficient (Wildman–Crippen LogP) is 2.84. The Labute approximate surface area is 173 Å². The van der Waals surface area contributed by atoms with Gasteiger partial charge in [0.2, 0.25) is 5.91 Å². The van der Waals surface area contributed by atoms with Gasteiger partial charge in [-0.25, -0.2) is 0 Å². The molecule has 0 bridgehead atoms. The number of aromatic amines is 1. The minimum absolute atomic E-state index is 0.0275. The van der Waals surface area contributed by atoms with Gasteiger partial charge in [-0.1, -0.05) is 29.8 Å². The Morgan fingerprint density at radius 3 is 2.86 bits per heavy atom. The van der Waals surface area contributed by atoms with Gasteiger partial charge in [0.1, 0.15) is 0 Å². The third kappa shape index (κ3) is 5.46. The predicted molar refractivity (Wildman–Crippen MR) is 112 cm³/mol. The number of hydrogen-bond donors (Lipinski definition) is 2. The van der Waals surface area contributed by atoms with Crippen LogP contribution in [0.5, 0.6) is 0 Å². The van der Waals surface area contributed by atoms with Crippen LogP contribution >= 0.6 is 0 Å². The van der Waals surface area contributed by atoms with E-state index >= 15 is 0 Å². The summed E-state index contributed by atoms with van der Waals surface area (Å²) in [5.41, 5.74) is 3.98. The van der Waals surface area contributed by atoms with E-state index in [0.717, 1.165) is 38.2 Å². The first kappa shape index (κ1) is 20.1. The average Bonchev–Trinajstić information content (AvgIpc) is 3.23. The van der Waals surface area contributed by atoms with Crippen LogP contribution in [0.25, 0.3) is 0 Å². The third-order valence-electron chi connectivity index (χ3n) is 6.47. The minimum Gasteiger partial charge on any atom is -0.376 e. The lowest BCUT2D eigenvalue weighted by molar-refractivity contribution is -0.122. The lowest BCUT2D eigenvalue weighted by atomic mass is 9.73. The van der Waals surface area contributed by atoms with Gasteiger partial charge in [0, 0.05) is 19.3 Å². The molecule has 0 saturated carbocycles. The van der Waals surface area contributed by atoms with E-state index in [-0.39, 0.29) is 12.0 Å². The van der Waals surface area contributed by atoms with E-state index in [1.165, 1.54) is 30.4 Å². The SMILES string of the molecule is Cc1cccc(CN2CCC3(CCC(CNC(=O)Cc4cn[nH]c4)OC3)CC2)c1. The molecule has 3 heterocycles. The number of carbonyl (C=O) groups excluding carboxylic acids is 1. The maximum atomic E-state index is 12.0. The molecule has 1 amide bonds. The van der Waals surface area contributed by atoms with E-state index in [4.69, 9.17) is 4.74 Å². The van der Waals surface area contributed by atoms with E-state index in [1.54, 1.807) is 12.4 Å². The van der Waals surface area contributed by atoms with Gasteiger partial charge < -0.3 is 10.1 Å². The highest BCUT2D eigenvalue weighted by Gasteiger charge is 2.38. The molecule has 1 aromatic heterocycles. The lowest BCUT2D eigenvalue weighted by Crippen LogP contribution is -2.47. The number of rotatable bonds is 6. The molecule has 2 aliphatic rings. The van der Waals surface area contributed by atoms with Gasteiger partial charge in [-0.2, -0.15) is 5.10 Å². The molecule has 1 unspecified atom stereocenters. The molecular formula is C23H32N4O2. The Morgan fingerprint density at radius 2 is 2.17 bits per heavy atom. The summed E-state index contributed by atoms with van der Waals surface area (Å²) in [6, 6.07) is 8.83. The van der Waals surface area contributed by atoms with Crippen LogP contribution in [0, 0.1) is 12.3 Å². The molecule has 2 aromatic rings. The van der Waals surface area contributed by atoms with Crippen molar-refractivity contribution in [1.82, 2.24) is 20.4 Å². The molecule has 0 aliphatic carbocycles. The van der Waals surface area contributed by atoms with Gasteiger partial charge >= 0.3 is 0 Å².